The summed E-state index contributed by atoms with van der Waals surface area (Å²) >= 11 is 1.48. The number of nitrogens with zero attached hydrogens (tertiary/aromatic N) is 1. The van der Waals surface area contributed by atoms with Crippen molar-refractivity contribution in [1.29, 1.82) is 0 Å². The van der Waals surface area contributed by atoms with E-state index in [-0.39, 0.29) is 20.1 Å². The molecule has 3 aromatic rings. The number of halogens is 3. The molecule has 0 aliphatic rings. The fourth-order valence-corrected chi connectivity index (χ4v) is 3.13. The summed E-state index contributed by atoms with van der Waals surface area (Å²) in [5.41, 5.74) is 0.579. The van der Waals surface area contributed by atoms with Gasteiger partial charge in [-0.1, -0.05) is 18.2 Å². The third-order valence-electron chi connectivity index (χ3n) is 3.02. The molecule has 0 atom stereocenters. The molecule has 0 bridgehead atoms. The molecular formula is C15H9F3IrNS-. The Morgan fingerprint density at radius 3 is 2.33 bits per heavy atom. The molecule has 2 heterocycles. The van der Waals surface area contributed by atoms with E-state index in [0.717, 1.165) is 32.8 Å². The van der Waals surface area contributed by atoms with E-state index in [2.05, 4.69) is 11.9 Å². The molecule has 21 heavy (non-hydrogen) atoms. The van der Waals surface area contributed by atoms with Gasteiger partial charge in [0.2, 0.25) is 0 Å². The van der Waals surface area contributed by atoms with Gasteiger partial charge in [-0.3, -0.25) is 4.98 Å². The largest absolute Gasteiger partial charge is 0.417 e. The molecule has 6 heteroatoms. The van der Waals surface area contributed by atoms with E-state index in [4.69, 9.17) is 0 Å². The summed E-state index contributed by atoms with van der Waals surface area (Å²) < 4.78 is 38.6. The Labute approximate surface area is 137 Å². The van der Waals surface area contributed by atoms with Crippen LogP contribution in [0.3, 0.4) is 0 Å². The van der Waals surface area contributed by atoms with Gasteiger partial charge in [-0.25, -0.2) is 11.3 Å². The Balaban J connectivity index is 0.00000161. The number of hydrogen-bond donors (Lipinski definition) is 0. The van der Waals surface area contributed by atoms with Gasteiger partial charge in [0.25, 0.3) is 0 Å². The molecule has 0 saturated heterocycles. The van der Waals surface area contributed by atoms with Gasteiger partial charge < -0.3 is 0 Å². The van der Waals surface area contributed by atoms with Crippen LogP contribution in [-0.2, 0) is 26.3 Å². The molecule has 111 valence electrons. The second-order valence-corrected chi connectivity index (χ2v) is 5.39. The predicted molar refractivity (Wildman–Crippen MR) is 74.5 cm³/mol. The van der Waals surface area contributed by atoms with E-state index in [1.165, 1.54) is 17.4 Å². The number of rotatable bonds is 1. The van der Waals surface area contributed by atoms with Crippen LogP contribution in [0.5, 0.6) is 0 Å². The Kier molecular flexibility index (Phi) is 4.42. The van der Waals surface area contributed by atoms with Gasteiger partial charge in [0, 0.05) is 32.0 Å². The second-order valence-electron chi connectivity index (χ2n) is 4.34. The molecule has 1 aromatic carbocycles. The van der Waals surface area contributed by atoms with E-state index < -0.39 is 11.7 Å². The summed E-state index contributed by atoms with van der Waals surface area (Å²) in [7, 11) is 0. The van der Waals surface area contributed by atoms with Crippen LogP contribution < -0.4 is 0 Å². The van der Waals surface area contributed by atoms with Crippen molar-refractivity contribution in [3.8, 4) is 10.6 Å². The molecule has 0 amide bonds. The SMILES string of the molecule is [CH2-]c1c(-c2ccc(C(F)(F)F)cn2)sc2ccccc12.[Ir]. The van der Waals surface area contributed by atoms with Gasteiger partial charge >= 0.3 is 6.18 Å². The summed E-state index contributed by atoms with van der Waals surface area (Å²) in [6.07, 6.45) is -3.50. The van der Waals surface area contributed by atoms with Gasteiger partial charge in [0.15, 0.2) is 0 Å². The Morgan fingerprint density at radius 2 is 1.76 bits per heavy atom. The van der Waals surface area contributed by atoms with Crippen LogP contribution in [0.25, 0.3) is 20.7 Å². The first-order valence-corrected chi connectivity index (χ1v) is 6.65. The first kappa shape index (κ1) is 16.0. The Bertz CT molecular complexity index is 763. The molecular weight excluding hydrogens is 475 g/mol. The number of alkyl halides is 3. The Morgan fingerprint density at radius 1 is 1.05 bits per heavy atom. The van der Waals surface area contributed by atoms with Gasteiger partial charge in [-0.15, -0.1) is 11.5 Å². The summed E-state index contributed by atoms with van der Waals surface area (Å²) in [5, 5.41) is 1.01. The molecule has 0 aliphatic carbocycles. The van der Waals surface area contributed by atoms with Crippen molar-refractivity contribution in [3.63, 3.8) is 0 Å². The van der Waals surface area contributed by atoms with Crippen LogP contribution in [0, 0.1) is 6.92 Å². The molecule has 0 fully saturated rings. The maximum absolute atomic E-state index is 12.5. The maximum Gasteiger partial charge on any atom is 0.417 e. The zero-order chi connectivity index (χ0) is 14.3. The minimum absolute atomic E-state index is 0. The topological polar surface area (TPSA) is 12.9 Å². The summed E-state index contributed by atoms with van der Waals surface area (Å²) in [6.45, 7) is 4.00. The number of benzene rings is 1. The average molecular weight is 485 g/mol. The zero-order valence-electron chi connectivity index (χ0n) is 10.6. The van der Waals surface area contributed by atoms with Crippen LogP contribution in [0.4, 0.5) is 13.2 Å². The summed E-state index contributed by atoms with van der Waals surface area (Å²) in [6, 6.07) is 10.2. The van der Waals surface area contributed by atoms with Crippen molar-refractivity contribution >= 4 is 21.4 Å². The number of aromatic nitrogens is 1. The average Bonchev–Trinajstić information content (AvgIpc) is 2.76. The van der Waals surface area contributed by atoms with Gasteiger partial charge in [-0.2, -0.15) is 25.7 Å². The maximum atomic E-state index is 12.5. The number of hydrogen-bond acceptors (Lipinski definition) is 2. The Hall–Kier alpha value is -1.36. The molecule has 2 aromatic heterocycles. The van der Waals surface area contributed by atoms with Crippen molar-refractivity contribution in [2.24, 2.45) is 0 Å². The molecule has 0 spiro atoms. The van der Waals surface area contributed by atoms with Crippen molar-refractivity contribution in [1.82, 2.24) is 4.98 Å². The molecule has 0 saturated carbocycles. The van der Waals surface area contributed by atoms with Crippen molar-refractivity contribution in [3.05, 3.63) is 60.6 Å². The summed E-state index contributed by atoms with van der Waals surface area (Å²) in [5.74, 6) is 0. The van der Waals surface area contributed by atoms with Crippen LogP contribution in [0.1, 0.15) is 11.1 Å². The minimum Gasteiger partial charge on any atom is -0.268 e. The number of fused-ring (bicyclic) bond motifs is 1. The molecule has 1 radical (unpaired) electrons. The van der Waals surface area contributed by atoms with E-state index in [1.807, 2.05) is 24.3 Å². The quantitative estimate of drug-likeness (QED) is 0.435. The first-order chi connectivity index (χ1) is 9.47. The first-order valence-electron chi connectivity index (χ1n) is 5.84. The van der Waals surface area contributed by atoms with Crippen molar-refractivity contribution in [2.75, 3.05) is 0 Å². The fraction of sp³-hybridized carbons (Fsp3) is 0.0667. The van der Waals surface area contributed by atoms with Gasteiger partial charge in [0.1, 0.15) is 0 Å². The van der Waals surface area contributed by atoms with Crippen LogP contribution in [0.15, 0.2) is 42.6 Å². The van der Waals surface area contributed by atoms with E-state index in [1.54, 1.807) is 0 Å². The van der Waals surface area contributed by atoms with Gasteiger partial charge in [-0.05, 0) is 21.7 Å². The van der Waals surface area contributed by atoms with E-state index in [9.17, 15) is 13.2 Å². The molecule has 0 aliphatic heterocycles. The van der Waals surface area contributed by atoms with E-state index in [0.29, 0.717) is 5.69 Å². The van der Waals surface area contributed by atoms with Crippen LogP contribution in [0.2, 0.25) is 0 Å². The second kappa shape index (κ2) is 5.79. The van der Waals surface area contributed by atoms with E-state index >= 15 is 0 Å². The molecule has 0 unspecified atom stereocenters. The van der Waals surface area contributed by atoms with Crippen molar-refractivity contribution in [2.45, 2.75) is 6.18 Å². The predicted octanol–water partition coefficient (Wildman–Crippen LogP) is 5.16. The smallest absolute Gasteiger partial charge is 0.268 e. The van der Waals surface area contributed by atoms with Gasteiger partial charge in [0.05, 0.1) is 5.56 Å². The third-order valence-corrected chi connectivity index (χ3v) is 4.26. The summed E-state index contributed by atoms with van der Waals surface area (Å²) in [4.78, 5) is 4.73. The molecule has 1 nitrogen and oxygen atoms in total. The monoisotopic (exact) mass is 485 g/mol. The molecule has 0 N–H and O–H groups in total. The zero-order valence-corrected chi connectivity index (χ0v) is 13.8. The normalized spacial score (nSPS) is 11.4. The van der Waals surface area contributed by atoms with Crippen LogP contribution in [-0.4, -0.2) is 4.98 Å². The van der Waals surface area contributed by atoms with Crippen LogP contribution >= 0.6 is 11.3 Å². The van der Waals surface area contributed by atoms with Crippen molar-refractivity contribution < 1.29 is 33.3 Å². The number of pyridine rings is 1. The fourth-order valence-electron chi connectivity index (χ4n) is 2.00. The molecule has 3 rings (SSSR count). The minimum atomic E-state index is -4.36. The third kappa shape index (κ3) is 2.98. The number of thiophene rings is 1. The standard InChI is InChI=1S/C15H9F3NS.Ir/c1-9-11-4-2-3-5-13(11)20-14(9)12-7-6-10(8-19-12)15(16,17)18;/h2-8H,1H2;/q-1;.